The smallest absolute Gasteiger partial charge is 0.340 e. The van der Waals surface area contributed by atoms with Crippen molar-refractivity contribution >= 4 is 23.7 Å². The number of unbranched alkanes of at least 4 members (excludes halogenated alkanes) is 1. The molecule has 0 aliphatic carbocycles. The number of hydrogen-bond acceptors (Lipinski definition) is 3. The summed E-state index contributed by atoms with van der Waals surface area (Å²) in [7, 11) is 1.36. The molecule has 0 radical (unpaired) electrons. The minimum atomic E-state index is -0.819. The highest BCUT2D eigenvalue weighted by atomic mass is 16.2. The molecule has 1 heterocycles. The number of amides is 5. The van der Waals surface area contributed by atoms with Crippen molar-refractivity contribution in [3.8, 4) is 0 Å². The van der Waals surface area contributed by atoms with Crippen LogP contribution in [0.5, 0.6) is 0 Å². The van der Waals surface area contributed by atoms with Gasteiger partial charge in [0, 0.05) is 7.05 Å². The van der Waals surface area contributed by atoms with Crippen molar-refractivity contribution < 1.29 is 14.4 Å². The summed E-state index contributed by atoms with van der Waals surface area (Å²) in [6.45, 7) is 5.56. The van der Waals surface area contributed by atoms with E-state index in [9.17, 15) is 14.4 Å². The second kappa shape index (κ2) is 6.26. The summed E-state index contributed by atoms with van der Waals surface area (Å²) in [5.74, 6) is -0.592. The summed E-state index contributed by atoms with van der Waals surface area (Å²) >= 11 is 0. The summed E-state index contributed by atoms with van der Waals surface area (Å²) in [4.78, 5) is 40.0. The Hall–Kier alpha value is -1.98. The second-order valence-electron chi connectivity index (χ2n) is 4.52. The summed E-state index contributed by atoms with van der Waals surface area (Å²) in [6.07, 6.45) is 2.35. The van der Waals surface area contributed by atoms with E-state index in [1.165, 1.54) is 7.05 Å². The molecule has 1 aliphatic heterocycles. The highest BCUT2D eigenvalue weighted by Gasteiger charge is 2.37. The maximum Gasteiger partial charge on any atom is 0.359 e. The molecule has 0 bridgehead atoms. The first-order valence-electron chi connectivity index (χ1n) is 6.29. The molecule has 19 heavy (non-hydrogen) atoms. The van der Waals surface area contributed by atoms with Crippen LogP contribution in [0.4, 0.5) is 9.59 Å². The second-order valence-corrected chi connectivity index (χ2v) is 4.52. The van der Waals surface area contributed by atoms with E-state index >= 15 is 0 Å². The van der Waals surface area contributed by atoms with Crippen molar-refractivity contribution in [2.24, 2.45) is 4.99 Å². The SMILES string of the molecule is CCCCC1=NC(=O)N(C(=O)NC)C(=O)C1=C(C)C. The van der Waals surface area contributed by atoms with E-state index in [2.05, 4.69) is 10.3 Å². The Morgan fingerprint density at radius 1 is 1.32 bits per heavy atom. The highest BCUT2D eigenvalue weighted by Crippen LogP contribution is 2.20. The van der Waals surface area contributed by atoms with Crippen molar-refractivity contribution in [2.75, 3.05) is 7.05 Å². The number of imide groups is 3. The Bertz CT molecular complexity index is 474. The number of carbonyl (C=O) groups is 3. The molecule has 0 unspecified atom stereocenters. The summed E-state index contributed by atoms with van der Waals surface area (Å²) in [5, 5.41) is 2.27. The van der Waals surface area contributed by atoms with E-state index in [0.717, 1.165) is 18.4 Å². The van der Waals surface area contributed by atoms with Crippen molar-refractivity contribution in [3.63, 3.8) is 0 Å². The van der Waals surface area contributed by atoms with Gasteiger partial charge in [0.2, 0.25) is 0 Å². The van der Waals surface area contributed by atoms with E-state index in [1.807, 2.05) is 6.92 Å². The molecule has 0 aromatic carbocycles. The Balaban J connectivity index is 3.22. The number of hydrogen-bond donors (Lipinski definition) is 1. The molecule has 0 aromatic heterocycles. The van der Waals surface area contributed by atoms with Gasteiger partial charge < -0.3 is 5.32 Å². The summed E-state index contributed by atoms with van der Waals surface area (Å²) in [6, 6.07) is -1.58. The van der Waals surface area contributed by atoms with Crippen molar-refractivity contribution in [1.82, 2.24) is 10.2 Å². The van der Waals surface area contributed by atoms with Crippen LogP contribution in [0.25, 0.3) is 0 Å². The standard InChI is InChI=1S/C13H19N3O3/c1-5-6-7-9-10(8(2)3)11(17)16(12(18)14-4)13(19)15-9/h5-7H2,1-4H3,(H,14,18). The number of nitrogens with zero attached hydrogens (tertiary/aromatic N) is 2. The van der Waals surface area contributed by atoms with Crippen LogP contribution in [-0.4, -0.2) is 35.6 Å². The molecule has 104 valence electrons. The Labute approximate surface area is 112 Å². The lowest BCUT2D eigenvalue weighted by molar-refractivity contribution is -0.121. The number of rotatable bonds is 3. The van der Waals surface area contributed by atoms with Gasteiger partial charge >= 0.3 is 12.1 Å². The molecule has 0 atom stereocenters. The molecule has 1 rings (SSSR count). The van der Waals surface area contributed by atoms with Gasteiger partial charge in [0.25, 0.3) is 5.91 Å². The molecule has 0 saturated heterocycles. The highest BCUT2D eigenvalue weighted by molar-refractivity contribution is 6.33. The van der Waals surface area contributed by atoms with Crippen molar-refractivity contribution in [1.29, 1.82) is 0 Å². The zero-order chi connectivity index (χ0) is 14.6. The zero-order valence-electron chi connectivity index (χ0n) is 11.7. The molecule has 6 nitrogen and oxygen atoms in total. The fourth-order valence-corrected chi connectivity index (χ4v) is 1.86. The molecule has 6 heteroatoms. The first-order chi connectivity index (χ1) is 8.93. The third-order valence-corrected chi connectivity index (χ3v) is 2.81. The average Bonchev–Trinajstić information content (AvgIpc) is 2.34. The summed E-state index contributed by atoms with van der Waals surface area (Å²) in [5.41, 5.74) is 1.61. The van der Waals surface area contributed by atoms with Gasteiger partial charge in [-0.3, -0.25) is 4.79 Å². The van der Waals surface area contributed by atoms with E-state index < -0.39 is 18.0 Å². The first-order valence-corrected chi connectivity index (χ1v) is 6.29. The predicted molar refractivity (Wildman–Crippen MR) is 72.0 cm³/mol. The van der Waals surface area contributed by atoms with Gasteiger partial charge in [-0.25, -0.2) is 9.59 Å². The minimum Gasteiger partial charge on any atom is -0.340 e. The van der Waals surface area contributed by atoms with Crippen molar-refractivity contribution in [3.05, 3.63) is 11.1 Å². The molecular weight excluding hydrogens is 246 g/mol. The fourth-order valence-electron chi connectivity index (χ4n) is 1.86. The molecule has 0 saturated carbocycles. The third kappa shape index (κ3) is 3.07. The van der Waals surface area contributed by atoms with E-state index in [4.69, 9.17) is 0 Å². The van der Waals surface area contributed by atoms with Crippen LogP contribution >= 0.6 is 0 Å². The van der Waals surface area contributed by atoms with Crippen LogP contribution in [0.3, 0.4) is 0 Å². The van der Waals surface area contributed by atoms with Crippen molar-refractivity contribution in [2.45, 2.75) is 40.0 Å². The Kier molecular flexibility index (Phi) is 4.97. The number of carbonyl (C=O) groups excluding carboxylic acids is 3. The number of nitrogens with one attached hydrogen (secondary N) is 1. The number of aliphatic imine (C=N–C) groups is 1. The average molecular weight is 265 g/mol. The monoisotopic (exact) mass is 265 g/mol. The molecule has 1 aliphatic rings. The molecule has 0 aromatic rings. The molecule has 1 N–H and O–H groups in total. The normalized spacial score (nSPS) is 15.5. The lowest BCUT2D eigenvalue weighted by atomic mass is 9.98. The van der Waals surface area contributed by atoms with E-state index in [-0.39, 0.29) is 0 Å². The van der Waals surface area contributed by atoms with Crippen LogP contribution < -0.4 is 5.32 Å². The number of urea groups is 2. The van der Waals surface area contributed by atoms with Gasteiger partial charge in [-0.05, 0) is 26.7 Å². The maximum atomic E-state index is 12.3. The fraction of sp³-hybridized carbons (Fsp3) is 0.538. The zero-order valence-corrected chi connectivity index (χ0v) is 11.7. The third-order valence-electron chi connectivity index (χ3n) is 2.81. The summed E-state index contributed by atoms with van der Waals surface area (Å²) < 4.78 is 0. The minimum absolute atomic E-state index is 0.372. The topological polar surface area (TPSA) is 78.8 Å². The predicted octanol–water partition coefficient (Wildman–Crippen LogP) is 2.26. The van der Waals surface area contributed by atoms with E-state index in [1.54, 1.807) is 13.8 Å². The first kappa shape index (κ1) is 15.1. The van der Waals surface area contributed by atoms with E-state index in [0.29, 0.717) is 22.6 Å². The van der Waals surface area contributed by atoms with Crippen LogP contribution in [0.15, 0.2) is 16.1 Å². The molecule has 0 spiro atoms. The molecular formula is C13H19N3O3. The quantitative estimate of drug-likeness (QED) is 0.795. The Morgan fingerprint density at radius 3 is 2.42 bits per heavy atom. The Morgan fingerprint density at radius 2 is 1.95 bits per heavy atom. The lowest BCUT2D eigenvalue weighted by Gasteiger charge is -2.24. The van der Waals surface area contributed by atoms with Gasteiger partial charge in [-0.1, -0.05) is 18.9 Å². The van der Waals surface area contributed by atoms with Gasteiger partial charge in [-0.2, -0.15) is 9.89 Å². The van der Waals surface area contributed by atoms with Gasteiger partial charge in [0.05, 0.1) is 11.3 Å². The van der Waals surface area contributed by atoms with Gasteiger partial charge in [0.1, 0.15) is 0 Å². The van der Waals surface area contributed by atoms with Crippen LogP contribution in [-0.2, 0) is 4.79 Å². The van der Waals surface area contributed by atoms with Gasteiger partial charge in [-0.15, -0.1) is 0 Å². The van der Waals surface area contributed by atoms with Gasteiger partial charge in [0.15, 0.2) is 0 Å². The van der Waals surface area contributed by atoms with Crippen LogP contribution in [0.1, 0.15) is 40.0 Å². The largest absolute Gasteiger partial charge is 0.359 e. The molecule has 0 fully saturated rings. The maximum absolute atomic E-state index is 12.3. The molecule has 5 amide bonds. The number of allylic oxidation sites excluding steroid dienone is 1. The van der Waals surface area contributed by atoms with Crippen LogP contribution in [0.2, 0.25) is 0 Å². The lowest BCUT2D eigenvalue weighted by Crippen LogP contribution is -2.49. The van der Waals surface area contributed by atoms with Crippen LogP contribution in [0, 0.1) is 0 Å².